The molecule has 1 fully saturated rings. The minimum Gasteiger partial charge on any atom is -0.427 e. The molecule has 0 spiro atoms. The Bertz CT molecular complexity index is 1440. The summed E-state index contributed by atoms with van der Waals surface area (Å²) in [5.74, 6) is -2.53. The SMILES string of the molecule is CO/N=C(/C(=O)NC1C(=O)N2C(C(=O)OCOC(=O)C(C)(C)C)C(/C=C/c3scnc3C)=CSC12)c1csc(N)n1. The summed E-state index contributed by atoms with van der Waals surface area (Å²) >= 11 is 3.81. The first-order chi connectivity index (χ1) is 19.4. The van der Waals surface area contributed by atoms with Crippen LogP contribution in [0, 0.1) is 12.3 Å². The maximum atomic E-state index is 13.4. The van der Waals surface area contributed by atoms with Crippen molar-refractivity contribution in [3.63, 3.8) is 0 Å². The number of fused-ring (bicyclic) bond motifs is 1. The number of oxime groups is 1. The van der Waals surface area contributed by atoms with E-state index in [2.05, 4.69) is 20.4 Å². The maximum absolute atomic E-state index is 13.4. The van der Waals surface area contributed by atoms with Crippen molar-refractivity contribution in [2.24, 2.45) is 10.6 Å². The highest BCUT2D eigenvalue weighted by atomic mass is 32.2. The van der Waals surface area contributed by atoms with Gasteiger partial charge in [0.2, 0.25) is 12.7 Å². The summed E-state index contributed by atoms with van der Waals surface area (Å²) < 4.78 is 10.4. The van der Waals surface area contributed by atoms with Gasteiger partial charge in [0, 0.05) is 10.3 Å². The summed E-state index contributed by atoms with van der Waals surface area (Å²) in [7, 11) is 1.28. The Kier molecular flexibility index (Phi) is 9.14. The van der Waals surface area contributed by atoms with Gasteiger partial charge in [-0.2, -0.15) is 0 Å². The molecule has 4 heterocycles. The summed E-state index contributed by atoms with van der Waals surface area (Å²) in [5.41, 5.74) is 7.96. The third-order valence-corrected chi connectivity index (χ3v) is 8.66. The molecule has 3 N–H and O–H groups in total. The van der Waals surface area contributed by atoms with E-state index in [1.165, 1.54) is 35.1 Å². The van der Waals surface area contributed by atoms with E-state index in [1.54, 1.807) is 49.2 Å². The largest absolute Gasteiger partial charge is 0.427 e. The lowest BCUT2D eigenvalue weighted by atomic mass is 9.97. The van der Waals surface area contributed by atoms with Gasteiger partial charge in [0.05, 0.1) is 16.6 Å². The van der Waals surface area contributed by atoms with Crippen LogP contribution in [0.3, 0.4) is 0 Å². The number of amides is 2. The number of aryl methyl sites for hydroxylation is 1. The molecule has 16 heteroatoms. The maximum Gasteiger partial charge on any atom is 0.336 e. The Balaban J connectivity index is 1.53. The predicted octanol–water partition coefficient (Wildman–Crippen LogP) is 2.30. The Morgan fingerprint density at radius 1 is 1.22 bits per heavy atom. The number of esters is 2. The van der Waals surface area contributed by atoms with Gasteiger partial charge in [-0.15, -0.1) is 34.4 Å². The number of nitrogen functional groups attached to an aromatic ring is 1. The van der Waals surface area contributed by atoms with Crippen molar-refractivity contribution in [2.75, 3.05) is 19.6 Å². The number of nitrogens with one attached hydrogen (secondary N) is 1. The number of thioether (sulfide) groups is 1. The molecule has 0 aromatic carbocycles. The zero-order valence-corrected chi connectivity index (χ0v) is 25.2. The van der Waals surface area contributed by atoms with Crippen LogP contribution < -0.4 is 11.1 Å². The summed E-state index contributed by atoms with van der Waals surface area (Å²) in [5, 5.41) is 9.30. The summed E-state index contributed by atoms with van der Waals surface area (Å²) in [4.78, 5) is 67.1. The van der Waals surface area contributed by atoms with Crippen LogP contribution in [0.2, 0.25) is 0 Å². The molecule has 2 aromatic heterocycles. The average molecular weight is 621 g/mol. The molecule has 0 aliphatic carbocycles. The quantitative estimate of drug-likeness (QED) is 0.138. The van der Waals surface area contributed by atoms with E-state index in [0.29, 0.717) is 5.57 Å². The highest BCUT2D eigenvalue weighted by Gasteiger charge is 2.56. The number of anilines is 1. The normalized spacial score (nSPS) is 20.7. The minimum absolute atomic E-state index is 0.150. The highest BCUT2D eigenvalue weighted by molar-refractivity contribution is 8.03. The second-order valence-corrected chi connectivity index (χ2v) is 12.6. The molecule has 218 valence electrons. The van der Waals surface area contributed by atoms with E-state index >= 15 is 0 Å². The third kappa shape index (κ3) is 6.60. The molecule has 2 aliphatic rings. The van der Waals surface area contributed by atoms with E-state index in [0.717, 1.165) is 21.9 Å². The molecule has 3 atom stereocenters. The Morgan fingerprint density at radius 3 is 2.59 bits per heavy atom. The summed E-state index contributed by atoms with van der Waals surface area (Å²) in [6.45, 7) is 6.27. The van der Waals surface area contributed by atoms with E-state index in [-0.39, 0.29) is 16.5 Å². The molecule has 0 radical (unpaired) electrons. The lowest BCUT2D eigenvalue weighted by Gasteiger charge is -2.51. The van der Waals surface area contributed by atoms with Crippen LogP contribution in [0.5, 0.6) is 0 Å². The van der Waals surface area contributed by atoms with E-state index in [4.69, 9.17) is 20.0 Å². The molecule has 13 nitrogen and oxygen atoms in total. The predicted molar refractivity (Wildman–Crippen MR) is 154 cm³/mol. The Labute approximate surface area is 247 Å². The first-order valence-corrected chi connectivity index (χ1v) is 14.9. The van der Waals surface area contributed by atoms with Gasteiger partial charge in [-0.1, -0.05) is 11.2 Å². The molecule has 0 bridgehead atoms. The number of hydrogen-bond acceptors (Lipinski definition) is 14. The number of aromatic nitrogens is 2. The van der Waals surface area contributed by atoms with Crippen molar-refractivity contribution in [3.05, 3.63) is 44.2 Å². The molecule has 2 aromatic rings. The van der Waals surface area contributed by atoms with Crippen molar-refractivity contribution in [2.45, 2.75) is 45.2 Å². The number of nitrogens with zero attached hydrogens (tertiary/aromatic N) is 4. The minimum atomic E-state index is -1.13. The number of thiazole rings is 2. The van der Waals surface area contributed by atoms with Gasteiger partial charge in [0.15, 0.2) is 16.9 Å². The van der Waals surface area contributed by atoms with Crippen LogP contribution >= 0.6 is 34.4 Å². The molecule has 3 unspecified atom stereocenters. The van der Waals surface area contributed by atoms with Gasteiger partial charge in [-0.3, -0.25) is 14.4 Å². The fourth-order valence-electron chi connectivity index (χ4n) is 3.77. The number of hydrogen-bond donors (Lipinski definition) is 2. The van der Waals surface area contributed by atoms with E-state index < -0.39 is 53.4 Å². The zero-order valence-electron chi connectivity index (χ0n) is 22.8. The standard InChI is InChI=1S/C25H28N6O7S3/c1-12-15(41-10-27-12)7-6-13-8-39-21-17(29-19(32)16(30-36-5)14-9-40-24(26)28-14)20(33)31(21)18(13)22(34)37-11-38-23(35)25(2,3)4/h6-10,17-18,21H,11H2,1-5H3,(H2,26,28)(H,29,32)/b7-6+,30-16+. The van der Waals surface area contributed by atoms with Crippen molar-refractivity contribution in [1.82, 2.24) is 20.2 Å². The molecule has 2 aliphatic heterocycles. The molecule has 41 heavy (non-hydrogen) atoms. The first kappa shape index (κ1) is 30.2. The molecular formula is C25H28N6O7S3. The van der Waals surface area contributed by atoms with Crippen LogP contribution in [0.15, 0.2) is 33.1 Å². The van der Waals surface area contributed by atoms with Crippen LogP contribution in [0.1, 0.15) is 37.0 Å². The molecule has 1 saturated heterocycles. The van der Waals surface area contributed by atoms with Gasteiger partial charge in [0.1, 0.15) is 24.2 Å². The van der Waals surface area contributed by atoms with Crippen molar-refractivity contribution >= 4 is 75.1 Å². The van der Waals surface area contributed by atoms with Gasteiger partial charge >= 0.3 is 11.9 Å². The average Bonchev–Trinajstić information content (AvgIpc) is 3.54. The van der Waals surface area contributed by atoms with Gasteiger partial charge in [-0.25, -0.2) is 14.8 Å². The van der Waals surface area contributed by atoms with E-state index in [1.807, 2.05) is 6.92 Å². The lowest BCUT2D eigenvalue weighted by molar-refractivity contribution is -0.179. The highest BCUT2D eigenvalue weighted by Crippen LogP contribution is 2.41. The number of rotatable bonds is 9. The fourth-order valence-corrected chi connectivity index (χ4v) is 6.22. The van der Waals surface area contributed by atoms with Crippen molar-refractivity contribution in [1.29, 1.82) is 0 Å². The van der Waals surface area contributed by atoms with Crippen LogP contribution in [0.4, 0.5) is 5.13 Å². The number of ether oxygens (including phenoxy) is 2. The zero-order chi connectivity index (χ0) is 29.9. The number of β-lactam (4-membered cyclic amide) rings is 1. The second-order valence-electron chi connectivity index (χ2n) is 9.84. The van der Waals surface area contributed by atoms with Crippen molar-refractivity contribution in [3.8, 4) is 0 Å². The van der Waals surface area contributed by atoms with Gasteiger partial charge in [-0.05, 0) is 44.8 Å². The smallest absolute Gasteiger partial charge is 0.336 e. The first-order valence-electron chi connectivity index (χ1n) is 12.2. The molecule has 4 rings (SSSR count). The monoisotopic (exact) mass is 620 g/mol. The molecule has 2 amide bonds. The number of carbonyl (C=O) groups is 4. The van der Waals surface area contributed by atoms with Gasteiger partial charge in [0.25, 0.3) is 5.91 Å². The number of nitrogens with two attached hydrogens (primary N) is 1. The lowest BCUT2D eigenvalue weighted by Crippen LogP contribution is -2.74. The van der Waals surface area contributed by atoms with Gasteiger partial charge < -0.3 is 30.3 Å². The summed E-state index contributed by atoms with van der Waals surface area (Å²) in [6.07, 6.45) is 3.52. The fraction of sp³-hybridized carbons (Fsp3) is 0.400. The van der Waals surface area contributed by atoms with Crippen LogP contribution in [-0.4, -0.2) is 75.7 Å². The Morgan fingerprint density at radius 2 is 1.98 bits per heavy atom. The third-order valence-electron chi connectivity index (χ3n) is 5.90. The number of carbonyl (C=O) groups excluding carboxylic acids is 4. The second kappa shape index (κ2) is 12.4. The van der Waals surface area contributed by atoms with Crippen molar-refractivity contribution < 1.29 is 33.5 Å². The topological polar surface area (TPSA) is 175 Å². The van der Waals surface area contributed by atoms with Crippen LogP contribution in [-0.2, 0) is 33.5 Å². The molecular weight excluding hydrogens is 593 g/mol. The van der Waals surface area contributed by atoms with E-state index in [9.17, 15) is 19.2 Å². The summed E-state index contributed by atoms with van der Waals surface area (Å²) in [6, 6.07) is -2.10. The molecule has 0 saturated carbocycles. The van der Waals surface area contributed by atoms with Crippen LogP contribution in [0.25, 0.3) is 6.08 Å². The Hall–Kier alpha value is -3.76.